The molecule has 0 fully saturated rings. The maximum atomic E-state index is 6.19. The number of pyridine rings is 1. The molecule has 2 N–H and O–H groups in total. The van der Waals surface area contributed by atoms with Crippen molar-refractivity contribution in [2.24, 2.45) is 5.73 Å². The first-order valence-electron chi connectivity index (χ1n) is 6.39. The standard InChI is InChI=1S/C16H12Cl2N2O/c17-12-5-3-7-14(15(12)18)21-16-10(8-19)9-20-13-6-2-1-4-11(13)16/h1-7,9H,8,19H2. The Labute approximate surface area is 132 Å². The molecule has 0 saturated heterocycles. The van der Waals surface area contributed by atoms with Gasteiger partial charge in [0.15, 0.2) is 0 Å². The number of benzene rings is 2. The molecule has 0 saturated carbocycles. The van der Waals surface area contributed by atoms with E-state index >= 15 is 0 Å². The average molecular weight is 319 g/mol. The fourth-order valence-corrected chi connectivity index (χ4v) is 2.43. The Kier molecular flexibility index (Phi) is 3.97. The zero-order valence-electron chi connectivity index (χ0n) is 11.0. The molecule has 1 heterocycles. The first-order chi connectivity index (χ1) is 10.2. The van der Waals surface area contributed by atoms with Gasteiger partial charge in [0, 0.05) is 23.7 Å². The summed E-state index contributed by atoms with van der Waals surface area (Å²) in [5.74, 6) is 1.16. The van der Waals surface area contributed by atoms with Crippen LogP contribution >= 0.6 is 23.2 Å². The Morgan fingerprint density at radius 3 is 2.67 bits per heavy atom. The summed E-state index contributed by atoms with van der Waals surface area (Å²) in [5, 5.41) is 1.71. The summed E-state index contributed by atoms with van der Waals surface area (Å²) in [4.78, 5) is 4.38. The number of nitrogens with two attached hydrogens (primary N) is 1. The van der Waals surface area contributed by atoms with Crippen LogP contribution in [-0.2, 0) is 6.54 Å². The highest BCUT2D eigenvalue weighted by atomic mass is 35.5. The molecule has 0 unspecified atom stereocenters. The van der Waals surface area contributed by atoms with Gasteiger partial charge in [0.25, 0.3) is 0 Å². The lowest BCUT2D eigenvalue weighted by atomic mass is 10.1. The van der Waals surface area contributed by atoms with Crippen LogP contribution < -0.4 is 10.5 Å². The zero-order valence-corrected chi connectivity index (χ0v) is 12.5. The van der Waals surface area contributed by atoms with Crippen LogP contribution in [0.5, 0.6) is 11.5 Å². The van der Waals surface area contributed by atoms with Gasteiger partial charge in [-0.25, -0.2) is 0 Å². The lowest BCUT2D eigenvalue weighted by Gasteiger charge is -2.14. The topological polar surface area (TPSA) is 48.1 Å². The van der Waals surface area contributed by atoms with Gasteiger partial charge in [-0.1, -0.05) is 41.4 Å². The number of fused-ring (bicyclic) bond motifs is 1. The minimum absolute atomic E-state index is 0.325. The fourth-order valence-electron chi connectivity index (χ4n) is 2.10. The SMILES string of the molecule is NCc1cnc2ccccc2c1Oc1cccc(Cl)c1Cl. The second-order valence-electron chi connectivity index (χ2n) is 4.49. The van der Waals surface area contributed by atoms with Gasteiger partial charge in [0.05, 0.1) is 10.5 Å². The first-order valence-corrected chi connectivity index (χ1v) is 7.15. The van der Waals surface area contributed by atoms with E-state index in [9.17, 15) is 0 Å². The van der Waals surface area contributed by atoms with Crippen molar-refractivity contribution in [2.75, 3.05) is 0 Å². The molecule has 0 spiro atoms. The Morgan fingerprint density at radius 1 is 1.05 bits per heavy atom. The molecular weight excluding hydrogens is 307 g/mol. The Hall–Kier alpha value is -1.81. The minimum Gasteiger partial charge on any atom is -0.455 e. The van der Waals surface area contributed by atoms with E-state index in [-0.39, 0.29) is 0 Å². The number of para-hydroxylation sites is 1. The van der Waals surface area contributed by atoms with Crippen LogP contribution in [0.4, 0.5) is 0 Å². The Balaban J connectivity index is 2.17. The number of hydrogen-bond donors (Lipinski definition) is 1. The second-order valence-corrected chi connectivity index (χ2v) is 5.27. The molecule has 5 heteroatoms. The largest absolute Gasteiger partial charge is 0.455 e. The Bertz CT molecular complexity index is 805. The summed E-state index contributed by atoms with van der Waals surface area (Å²) in [6.45, 7) is 0.325. The van der Waals surface area contributed by atoms with Crippen LogP contribution in [0.3, 0.4) is 0 Å². The van der Waals surface area contributed by atoms with Crippen LogP contribution in [0.2, 0.25) is 10.0 Å². The van der Waals surface area contributed by atoms with Gasteiger partial charge in [-0.05, 0) is 24.3 Å². The minimum atomic E-state index is 0.325. The van der Waals surface area contributed by atoms with Crippen molar-refractivity contribution in [1.82, 2.24) is 4.98 Å². The fraction of sp³-hybridized carbons (Fsp3) is 0.0625. The van der Waals surface area contributed by atoms with Crippen molar-refractivity contribution in [3.63, 3.8) is 0 Å². The number of ether oxygens (including phenoxy) is 1. The smallest absolute Gasteiger partial charge is 0.147 e. The lowest BCUT2D eigenvalue weighted by Crippen LogP contribution is -2.01. The van der Waals surface area contributed by atoms with Gasteiger partial charge in [0.2, 0.25) is 0 Å². The molecule has 106 valence electrons. The molecule has 0 aliphatic carbocycles. The van der Waals surface area contributed by atoms with E-state index < -0.39 is 0 Å². The molecule has 3 aromatic rings. The van der Waals surface area contributed by atoms with E-state index in [1.54, 1.807) is 24.4 Å². The van der Waals surface area contributed by atoms with Crippen molar-refractivity contribution in [3.8, 4) is 11.5 Å². The average Bonchev–Trinajstić information content (AvgIpc) is 2.52. The molecular formula is C16H12Cl2N2O. The van der Waals surface area contributed by atoms with Crippen molar-refractivity contribution in [2.45, 2.75) is 6.54 Å². The lowest BCUT2D eigenvalue weighted by molar-refractivity contribution is 0.482. The molecule has 0 aliphatic rings. The van der Waals surface area contributed by atoms with E-state index in [0.29, 0.717) is 28.1 Å². The van der Waals surface area contributed by atoms with E-state index in [4.69, 9.17) is 33.7 Å². The molecule has 0 atom stereocenters. The van der Waals surface area contributed by atoms with Crippen LogP contribution in [0, 0.1) is 0 Å². The molecule has 2 aromatic carbocycles. The summed E-state index contributed by atoms with van der Waals surface area (Å²) < 4.78 is 5.99. The first kappa shape index (κ1) is 14.1. The van der Waals surface area contributed by atoms with Crippen molar-refractivity contribution in [3.05, 3.63) is 64.3 Å². The maximum Gasteiger partial charge on any atom is 0.147 e. The van der Waals surface area contributed by atoms with Gasteiger partial charge in [-0.3, -0.25) is 4.98 Å². The molecule has 21 heavy (non-hydrogen) atoms. The van der Waals surface area contributed by atoms with E-state index in [0.717, 1.165) is 16.5 Å². The summed E-state index contributed by atoms with van der Waals surface area (Å²) in [6, 6.07) is 13.0. The van der Waals surface area contributed by atoms with E-state index in [2.05, 4.69) is 4.98 Å². The predicted octanol–water partition coefficient (Wildman–Crippen LogP) is 4.79. The van der Waals surface area contributed by atoms with Crippen LogP contribution in [0.15, 0.2) is 48.7 Å². The molecule has 3 rings (SSSR count). The van der Waals surface area contributed by atoms with Gasteiger partial charge >= 0.3 is 0 Å². The van der Waals surface area contributed by atoms with Gasteiger partial charge in [-0.2, -0.15) is 0 Å². The molecule has 0 bridgehead atoms. The highest BCUT2D eigenvalue weighted by Gasteiger charge is 2.13. The van der Waals surface area contributed by atoms with Crippen LogP contribution in [0.1, 0.15) is 5.56 Å². The highest BCUT2D eigenvalue weighted by Crippen LogP contribution is 2.38. The molecule has 0 amide bonds. The van der Waals surface area contributed by atoms with Gasteiger partial charge in [-0.15, -0.1) is 0 Å². The molecule has 3 nitrogen and oxygen atoms in total. The van der Waals surface area contributed by atoms with Crippen LogP contribution in [0.25, 0.3) is 10.9 Å². The number of halogens is 2. The highest BCUT2D eigenvalue weighted by molar-refractivity contribution is 6.42. The van der Waals surface area contributed by atoms with E-state index in [1.807, 2.05) is 24.3 Å². The van der Waals surface area contributed by atoms with Crippen LogP contribution in [-0.4, -0.2) is 4.98 Å². The zero-order chi connectivity index (χ0) is 14.8. The third-order valence-electron chi connectivity index (χ3n) is 3.15. The van der Waals surface area contributed by atoms with Gasteiger partial charge < -0.3 is 10.5 Å². The maximum absolute atomic E-state index is 6.19. The van der Waals surface area contributed by atoms with Gasteiger partial charge in [0.1, 0.15) is 16.5 Å². The van der Waals surface area contributed by atoms with Crippen molar-refractivity contribution < 1.29 is 4.74 Å². The third-order valence-corrected chi connectivity index (χ3v) is 3.95. The summed E-state index contributed by atoms with van der Waals surface area (Å²) in [7, 11) is 0. The number of hydrogen-bond acceptors (Lipinski definition) is 3. The summed E-state index contributed by atoms with van der Waals surface area (Å²) >= 11 is 12.2. The second kappa shape index (κ2) is 5.90. The number of rotatable bonds is 3. The monoisotopic (exact) mass is 318 g/mol. The van der Waals surface area contributed by atoms with Crippen molar-refractivity contribution >= 4 is 34.1 Å². The number of aromatic nitrogens is 1. The Morgan fingerprint density at radius 2 is 1.86 bits per heavy atom. The normalized spacial score (nSPS) is 10.8. The quantitative estimate of drug-likeness (QED) is 0.755. The predicted molar refractivity (Wildman–Crippen MR) is 86.2 cm³/mol. The summed E-state index contributed by atoms with van der Waals surface area (Å²) in [5.41, 5.74) is 7.43. The summed E-state index contributed by atoms with van der Waals surface area (Å²) in [6.07, 6.45) is 1.72. The van der Waals surface area contributed by atoms with Crippen molar-refractivity contribution in [1.29, 1.82) is 0 Å². The molecule has 0 radical (unpaired) electrons. The molecule has 0 aliphatic heterocycles. The molecule has 1 aromatic heterocycles. The van der Waals surface area contributed by atoms with E-state index in [1.165, 1.54) is 0 Å². The number of nitrogens with zero attached hydrogens (tertiary/aromatic N) is 1. The third kappa shape index (κ3) is 2.68.